The van der Waals surface area contributed by atoms with Gasteiger partial charge in [-0.05, 0) is 43.9 Å². The van der Waals surface area contributed by atoms with Crippen LogP contribution in [0.3, 0.4) is 0 Å². The zero-order valence-electron chi connectivity index (χ0n) is 12.3. The van der Waals surface area contributed by atoms with Gasteiger partial charge < -0.3 is 10.1 Å². The topological polar surface area (TPSA) is 34.2 Å². The quantitative estimate of drug-likeness (QED) is 0.920. The Bertz CT molecular complexity index is 464. The summed E-state index contributed by atoms with van der Waals surface area (Å²) in [5.74, 6) is -0.606. The van der Waals surface area contributed by atoms with E-state index in [1.165, 1.54) is 0 Å². The van der Waals surface area contributed by atoms with E-state index in [2.05, 4.69) is 10.3 Å². The molecule has 3 atom stereocenters. The summed E-state index contributed by atoms with van der Waals surface area (Å²) in [6, 6.07) is 1.71. The molecule has 1 aliphatic carbocycles. The number of hydrogen-bond donors (Lipinski definition) is 1. The third-order valence-electron chi connectivity index (χ3n) is 4.29. The maximum Gasteiger partial charge on any atom is 0.391 e. The molecular weight excluding hydrogens is 281 g/mol. The number of nitrogens with zero attached hydrogens (tertiary/aromatic N) is 1. The number of ether oxygens (including phenoxy) is 1. The smallest absolute Gasteiger partial charge is 0.391 e. The standard InChI is InChI=1S/C15H21F3N2O/c1-19-14(11-7-13(21-2)9-20-8-11)10-4-3-5-12(6-10)15(16,17)18/h7-10,12,14,19H,3-6H2,1-2H3. The first kappa shape index (κ1) is 16.1. The summed E-state index contributed by atoms with van der Waals surface area (Å²) in [7, 11) is 3.33. The molecule has 0 aromatic carbocycles. The molecule has 1 N–H and O–H groups in total. The van der Waals surface area contributed by atoms with Crippen LogP contribution in [-0.2, 0) is 0 Å². The first-order valence-electron chi connectivity index (χ1n) is 7.18. The maximum absolute atomic E-state index is 13.0. The second-order valence-electron chi connectivity index (χ2n) is 5.59. The van der Waals surface area contributed by atoms with Crippen LogP contribution >= 0.6 is 0 Å². The van der Waals surface area contributed by atoms with E-state index in [9.17, 15) is 13.2 Å². The minimum Gasteiger partial charge on any atom is -0.495 e. The van der Waals surface area contributed by atoms with Crippen LogP contribution in [0, 0.1) is 11.8 Å². The van der Waals surface area contributed by atoms with E-state index >= 15 is 0 Å². The fourth-order valence-electron chi connectivity index (χ4n) is 3.22. The highest BCUT2D eigenvalue weighted by Gasteiger charge is 2.43. The highest BCUT2D eigenvalue weighted by molar-refractivity contribution is 5.26. The Morgan fingerprint density at radius 2 is 2.10 bits per heavy atom. The van der Waals surface area contributed by atoms with Crippen molar-refractivity contribution in [3.8, 4) is 5.75 Å². The highest BCUT2D eigenvalue weighted by Crippen LogP contribution is 2.43. The van der Waals surface area contributed by atoms with Crippen molar-refractivity contribution >= 4 is 0 Å². The van der Waals surface area contributed by atoms with Crippen molar-refractivity contribution in [2.75, 3.05) is 14.2 Å². The predicted molar refractivity (Wildman–Crippen MR) is 74.1 cm³/mol. The third kappa shape index (κ3) is 3.87. The van der Waals surface area contributed by atoms with Gasteiger partial charge in [0.2, 0.25) is 0 Å². The number of rotatable bonds is 4. The molecule has 6 heteroatoms. The molecule has 1 heterocycles. The van der Waals surface area contributed by atoms with E-state index < -0.39 is 12.1 Å². The molecule has 2 rings (SSSR count). The van der Waals surface area contributed by atoms with Crippen molar-refractivity contribution in [3.63, 3.8) is 0 Å². The monoisotopic (exact) mass is 302 g/mol. The van der Waals surface area contributed by atoms with E-state index in [-0.39, 0.29) is 24.8 Å². The van der Waals surface area contributed by atoms with E-state index in [0.717, 1.165) is 12.0 Å². The lowest BCUT2D eigenvalue weighted by Gasteiger charge is -2.35. The zero-order chi connectivity index (χ0) is 15.5. The average Bonchev–Trinajstić information content (AvgIpc) is 2.48. The van der Waals surface area contributed by atoms with Crippen LogP contribution in [0.2, 0.25) is 0 Å². The van der Waals surface area contributed by atoms with Crippen LogP contribution in [0.25, 0.3) is 0 Å². The first-order valence-corrected chi connectivity index (χ1v) is 7.18. The molecule has 0 amide bonds. The van der Waals surface area contributed by atoms with Gasteiger partial charge in [-0.15, -0.1) is 0 Å². The summed E-state index contributed by atoms with van der Waals surface area (Å²) >= 11 is 0. The van der Waals surface area contributed by atoms with Crippen LogP contribution < -0.4 is 10.1 Å². The third-order valence-corrected chi connectivity index (χ3v) is 4.29. The highest BCUT2D eigenvalue weighted by atomic mass is 19.4. The number of methoxy groups -OCH3 is 1. The van der Waals surface area contributed by atoms with E-state index in [1.54, 1.807) is 26.6 Å². The van der Waals surface area contributed by atoms with Gasteiger partial charge in [0.05, 0.1) is 19.2 Å². The number of halogens is 3. The number of nitrogens with one attached hydrogen (secondary N) is 1. The maximum atomic E-state index is 13.0. The number of hydrogen-bond acceptors (Lipinski definition) is 3. The molecule has 3 unspecified atom stereocenters. The van der Waals surface area contributed by atoms with Gasteiger partial charge in [0, 0.05) is 12.2 Å². The second-order valence-corrected chi connectivity index (χ2v) is 5.59. The number of pyridine rings is 1. The molecule has 21 heavy (non-hydrogen) atoms. The van der Waals surface area contributed by atoms with Gasteiger partial charge in [0.25, 0.3) is 0 Å². The molecule has 0 aliphatic heterocycles. The van der Waals surface area contributed by atoms with Crippen LogP contribution in [0.5, 0.6) is 5.75 Å². The van der Waals surface area contributed by atoms with E-state index in [0.29, 0.717) is 12.2 Å². The van der Waals surface area contributed by atoms with Crippen LogP contribution in [0.15, 0.2) is 18.5 Å². The number of alkyl halides is 3. The number of aromatic nitrogens is 1. The summed E-state index contributed by atoms with van der Waals surface area (Å²) in [6.07, 6.45) is 1.03. The van der Waals surface area contributed by atoms with Gasteiger partial charge in [-0.2, -0.15) is 13.2 Å². The fourth-order valence-corrected chi connectivity index (χ4v) is 3.22. The van der Waals surface area contributed by atoms with Crippen LogP contribution in [0.1, 0.15) is 37.3 Å². The molecule has 0 spiro atoms. The zero-order valence-corrected chi connectivity index (χ0v) is 12.3. The van der Waals surface area contributed by atoms with Gasteiger partial charge in [-0.1, -0.05) is 6.42 Å². The summed E-state index contributed by atoms with van der Waals surface area (Å²) in [5.41, 5.74) is 0.879. The molecule has 118 valence electrons. The van der Waals surface area contributed by atoms with Gasteiger partial charge in [0.1, 0.15) is 5.75 Å². The Hall–Kier alpha value is -1.30. The molecule has 0 radical (unpaired) electrons. The Labute approximate surface area is 122 Å². The Kier molecular flexibility index (Phi) is 5.08. The lowest BCUT2D eigenvalue weighted by atomic mass is 9.76. The lowest BCUT2D eigenvalue weighted by Crippen LogP contribution is -2.34. The Balaban J connectivity index is 2.16. The normalized spacial score (nSPS) is 24.6. The van der Waals surface area contributed by atoms with Crippen molar-refractivity contribution < 1.29 is 17.9 Å². The van der Waals surface area contributed by atoms with Gasteiger partial charge in [-0.25, -0.2) is 0 Å². The van der Waals surface area contributed by atoms with Gasteiger partial charge in [-0.3, -0.25) is 4.98 Å². The molecule has 1 aromatic rings. The minimum atomic E-state index is -4.09. The van der Waals surface area contributed by atoms with Crippen molar-refractivity contribution in [1.82, 2.24) is 10.3 Å². The van der Waals surface area contributed by atoms with Crippen molar-refractivity contribution in [2.24, 2.45) is 11.8 Å². The molecule has 1 aromatic heterocycles. The predicted octanol–water partition coefficient (Wildman–Crippen LogP) is 3.72. The van der Waals surface area contributed by atoms with Crippen LogP contribution in [-0.4, -0.2) is 25.3 Å². The molecule has 1 aliphatic rings. The van der Waals surface area contributed by atoms with Gasteiger partial charge >= 0.3 is 6.18 Å². The SMILES string of the molecule is CNC(c1cncc(OC)c1)C1CCCC(C(F)(F)F)C1. The average molecular weight is 302 g/mol. The molecular formula is C15H21F3N2O. The fraction of sp³-hybridized carbons (Fsp3) is 0.667. The van der Waals surface area contributed by atoms with E-state index in [4.69, 9.17) is 4.74 Å². The van der Waals surface area contributed by atoms with Gasteiger partial charge in [0.15, 0.2) is 0 Å². The molecule has 0 saturated heterocycles. The molecule has 1 saturated carbocycles. The summed E-state index contributed by atoms with van der Waals surface area (Å²) in [4.78, 5) is 4.10. The van der Waals surface area contributed by atoms with E-state index in [1.807, 2.05) is 6.07 Å². The summed E-state index contributed by atoms with van der Waals surface area (Å²) < 4.78 is 44.0. The Morgan fingerprint density at radius 3 is 2.71 bits per heavy atom. The Morgan fingerprint density at radius 1 is 1.33 bits per heavy atom. The van der Waals surface area contributed by atoms with Crippen molar-refractivity contribution in [1.29, 1.82) is 0 Å². The summed E-state index contributed by atoms with van der Waals surface area (Å²) in [5, 5.41) is 3.15. The molecule has 1 fully saturated rings. The molecule has 3 nitrogen and oxygen atoms in total. The largest absolute Gasteiger partial charge is 0.495 e. The minimum absolute atomic E-state index is 0.0377. The van der Waals surface area contributed by atoms with Crippen molar-refractivity contribution in [2.45, 2.75) is 37.9 Å². The second kappa shape index (κ2) is 6.64. The first-order chi connectivity index (χ1) is 9.95. The summed E-state index contributed by atoms with van der Waals surface area (Å²) in [6.45, 7) is 0. The molecule has 0 bridgehead atoms. The van der Waals surface area contributed by atoms with Crippen LogP contribution in [0.4, 0.5) is 13.2 Å². The lowest BCUT2D eigenvalue weighted by molar-refractivity contribution is -0.186. The van der Waals surface area contributed by atoms with Crippen molar-refractivity contribution in [3.05, 3.63) is 24.0 Å².